The van der Waals surface area contributed by atoms with Gasteiger partial charge in [0.25, 0.3) is 5.69 Å². The van der Waals surface area contributed by atoms with Gasteiger partial charge in [-0.25, -0.2) is 8.42 Å². The van der Waals surface area contributed by atoms with E-state index < -0.39 is 39.2 Å². The minimum Gasteiger partial charge on any atom is -0.464 e. The van der Waals surface area contributed by atoms with Gasteiger partial charge in [0.2, 0.25) is 15.9 Å². The van der Waals surface area contributed by atoms with Crippen LogP contribution in [0.2, 0.25) is 5.02 Å². The first kappa shape index (κ1) is 31.3. The summed E-state index contributed by atoms with van der Waals surface area (Å²) < 4.78 is 40.1. The zero-order valence-electron chi connectivity index (χ0n) is 23.8. The number of rotatable bonds is 11. The number of carbonyl (C=O) groups excluding carboxylic acids is 1. The largest absolute Gasteiger partial charge is 0.464 e. The van der Waals surface area contributed by atoms with E-state index >= 15 is 0 Å². The molecular formula is C31H30ClN3O8S. The highest BCUT2D eigenvalue weighted by molar-refractivity contribution is 7.89. The second kappa shape index (κ2) is 13.3. The van der Waals surface area contributed by atoms with Gasteiger partial charge in [-0.05, 0) is 49.6 Å². The van der Waals surface area contributed by atoms with Crippen LogP contribution in [0.3, 0.4) is 0 Å². The fourth-order valence-electron chi connectivity index (χ4n) is 5.09. The number of nitrogens with zero attached hydrogens (tertiary/aromatic N) is 3. The molecule has 44 heavy (non-hydrogen) atoms. The van der Waals surface area contributed by atoms with Crippen LogP contribution in [0, 0.1) is 17.0 Å². The fourth-order valence-corrected chi connectivity index (χ4v) is 6.72. The average molecular weight is 640 g/mol. The van der Waals surface area contributed by atoms with Crippen LogP contribution in [0.15, 0.2) is 87.1 Å². The predicted molar refractivity (Wildman–Crippen MR) is 164 cm³/mol. The van der Waals surface area contributed by atoms with Gasteiger partial charge in [0.1, 0.15) is 10.6 Å². The SMILES string of the molecule is Cc1ccc2occ(CN(Cc3ccccc3)C(=O)CN(C[C@@H]3CCCO3)S(=O)(=O)c3ccc(Cl)c([N+](=O)[O-])c3)c(=O)c2c1. The van der Waals surface area contributed by atoms with Crippen molar-refractivity contribution in [2.24, 2.45) is 0 Å². The Bertz CT molecular complexity index is 1860. The maximum atomic E-state index is 14.0. The highest BCUT2D eigenvalue weighted by Crippen LogP contribution is 2.29. The molecule has 0 unspecified atom stereocenters. The molecule has 1 aromatic heterocycles. The standard InChI is InChI=1S/C31H30ClN3O8S/c1-21-9-12-29-26(14-21)31(37)23(20-43-29)17-33(16-22-6-3-2-4-7-22)30(36)19-34(18-24-8-5-13-42-24)44(40,41)25-10-11-27(32)28(15-25)35(38)39/h2-4,6-7,9-12,14-15,20,24H,5,8,13,16-19H2,1H3/t24-/m0/s1. The average Bonchev–Trinajstić information content (AvgIpc) is 3.52. The summed E-state index contributed by atoms with van der Waals surface area (Å²) in [5.74, 6) is -0.581. The quantitative estimate of drug-likeness (QED) is 0.164. The summed E-state index contributed by atoms with van der Waals surface area (Å²) in [6.07, 6.45) is 2.18. The first-order chi connectivity index (χ1) is 21.0. The van der Waals surface area contributed by atoms with E-state index in [9.17, 15) is 28.1 Å². The lowest BCUT2D eigenvalue weighted by Gasteiger charge is -2.28. The molecule has 0 spiro atoms. The predicted octanol–water partition coefficient (Wildman–Crippen LogP) is 5.06. The van der Waals surface area contributed by atoms with E-state index in [1.54, 1.807) is 12.1 Å². The van der Waals surface area contributed by atoms with E-state index in [1.807, 2.05) is 43.3 Å². The van der Waals surface area contributed by atoms with Crippen molar-refractivity contribution in [2.75, 3.05) is 19.7 Å². The van der Waals surface area contributed by atoms with Gasteiger partial charge < -0.3 is 14.1 Å². The second-order valence-electron chi connectivity index (χ2n) is 10.6. The fraction of sp³-hybridized carbons (Fsp3) is 0.290. The number of aryl methyl sites for hydroxylation is 1. The minimum absolute atomic E-state index is 0.0885. The number of fused-ring (bicyclic) bond motifs is 1. The maximum absolute atomic E-state index is 14.0. The Hall–Kier alpha value is -4.10. The van der Waals surface area contributed by atoms with E-state index in [0.29, 0.717) is 24.0 Å². The number of ether oxygens (including phenoxy) is 1. The lowest BCUT2D eigenvalue weighted by molar-refractivity contribution is -0.384. The lowest BCUT2D eigenvalue weighted by atomic mass is 10.1. The molecule has 1 aliphatic rings. The molecule has 0 saturated carbocycles. The molecule has 1 atom stereocenters. The van der Waals surface area contributed by atoms with E-state index in [1.165, 1.54) is 17.2 Å². The maximum Gasteiger partial charge on any atom is 0.289 e. The second-order valence-corrected chi connectivity index (χ2v) is 13.0. The lowest BCUT2D eigenvalue weighted by Crippen LogP contribution is -2.45. The van der Waals surface area contributed by atoms with E-state index in [0.717, 1.165) is 34.0 Å². The first-order valence-electron chi connectivity index (χ1n) is 13.9. The Morgan fingerprint density at radius 3 is 2.57 bits per heavy atom. The Morgan fingerprint density at radius 1 is 1.09 bits per heavy atom. The number of nitro groups is 1. The summed E-state index contributed by atoms with van der Waals surface area (Å²) in [7, 11) is -4.41. The van der Waals surface area contributed by atoms with Gasteiger partial charge in [-0.2, -0.15) is 4.31 Å². The molecule has 11 nitrogen and oxygen atoms in total. The van der Waals surface area contributed by atoms with Crippen LogP contribution < -0.4 is 5.43 Å². The number of benzene rings is 3. The zero-order valence-corrected chi connectivity index (χ0v) is 25.4. The number of nitro benzene ring substituents is 1. The van der Waals surface area contributed by atoms with Crippen LogP contribution in [0.1, 0.15) is 29.5 Å². The van der Waals surface area contributed by atoms with Crippen LogP contribution in [0.25, 0.3) is 11.0 Å². The summed E-state index contributed by atoms with van der Waals surface area (Å²) in [6, 6.07) is 17.5. The summed E-state index contributed by atoms with van der Waals surface area (Å²) in [5, 5.41) is 11.7. The molecule has 230 valence electrons. The van der Waals surface area contributed by atoms with Crippen molar-refractivity contribution in [2.45, 2.75) is 43.9 Å². The van der Waals surface area contributed by atoms with Crippen LogP contribution in [-0.2, 0) is 32.6 Å². The van der Waals surface area contributed by atoms with Gasteiger partial charge in [0.05, 0.1) is 46.2 Å². The molecule has 1 fully saturated rings. The molecule has 0 bridgehead atoms. The minimum atomic E-state index is -4.41. The molecule has 0 radical (unpaired) electrons. The highest BCUT2D eigenvalue weighted by atomic mass is 35.5. The van der Waals surface area contributed by atoms with Gasteiger partial charge in [0, 0.05) is 25.8 Å². The zero-order chi connectivity index (χ0) is 31.4. The number of hydrogen-bond donors (Lipinski definition) is 0. The van der Waals surface area contributed by atoms with Crippen molar-refractivity contribution < 1.29 is 27.3 Å². The molecule has 3 aromatic carbocycles. The van der Waals surface area contributed by atoms with Gasteiger partial charge in [-0.15, -0.1) is 0 Å². The summed E-state index contributed by atoms with van der Waals surface area (Å²) in [6.45, 7) is 1.53. The van der Waals surface area contributed by atoms with Crippen molar-refractivity contribution in [3.8, 4) is 0 Å². The van der Waals surface area contributed by atoms with Crippen LogP contribution in [0.5, 0.6) is 0 Å². The topological polar surface area (TPSA) is 140 Å². The van der Waals surface area contributed by atoms with Crippen LogP contribution >= 0.6 is 11.6 Å². The molecule has 0 N–H and O–H groups in total. The normalized spacial score (nSPS) is 15.1. The van der Waals surface area contributed by atoms with Crippen molar-refractivity contribution in [1.82, 2.24) is 9.21 Å². The van der Waals surface area contributed by atoms with Gasteiger partial charge in [0.15, 0.2) is 5.43 Å². The van der Waals surface area contributed by atoms with Crippen molar-refractivity contribution in [3.05, 3.63) is 115 Å². The van der Waals surface area contributed by atoms with E-state index in [4.69, 9.17) is 20.8 Å². The monoisotopic (exact) mass is 639 g/mol. The van der Waals surface area contributed by atoms with Gasteiger partial charge >= 0.3 is 0 Å². The van der Waals surface area contributed by atoms with Crippen molar-refractivity contribution in [1.29, 1.82) is 0 Å². The molecular weight excluding hydrogens is 610 g/mol. The molecule has 2 heterocycles. The van der Waals surface area contributed by atoms with E-state index in [-0.39, 0.29) is 40.5 Å². The number of hydrogen-bond acceptors (Lipinski definition) is 8. The Balaban J connectivity index is 1.50. The molecule has 1 saturated heterocycles. The highest BCUT2D eigenvalue weighted by Gasteiger charge is 2.33. The number of amides is 1. The summed E-state index contributed by atoms with van der Waals surface area (Å²) in [4.78, 5) is 39.1. The molecule has 13 heteroatoms. The molecule has 0 aliphatic carbocycles. The Kier molecular flexibility index (Phi) is 9.45. The third-order valence-corrected chi connectivity index (χ3v) is 9.55. The Labute approximate surface area is 258 Å². The molecule has 5 rings (SSSR count). The number of halogens is 1. The van der Waals surface area contributed by atoms with Gasteiger partial charge in [-0.1, -0.05) is 53.6 Å². The van der Waals surface area contributed by atoms with E-state index in [2.05, 4.69) is 0 Å². The third-order valence-electron chi connectivity index (χ3n) is 7.42. The molecule has 4 aromatic rings. The summed E-state index contributed by atoms with van der Waals surface area (Å²) in [5.41, 5.74) is 1.42. The van der Waals surface area contributed by atoms with Crippen molar-refractivity contribution >= 4 is 44.2 Å². The van der Waals surface area contributed by atoms with Crippen LogP contribution in [-0.4, -0.2) is 54.3 Å². The van der Waals surface area contributed by atoms with Crippen LogP contribution in [0.4, 0.5) is 5.69 Å². The Morgan fingerprint density at radius 2 is 1.86 bits per heavy atom. The smallest absolute Gasteiger partial charge is 0.289 e. The molecule has 1 aliphatic heterocycles. The van der Waals surface area contributed by atoms with Crippen molar-refractivity contribution in [3.63, 3.8) is 0 Å². The third kappa shape index (κ3) is 6.99. The van der Waals surface area contributed by atoms with Gasteiger partial charge in [-0.3, -0.25) is 19.7 Å². The molecule has 1 amide bonds. The number of carbonyl (C=O) groups is 1. The first-order valence-corrected chi connectivity index (χ1v) is 15.7. The summed E-state index contributed by atoms with van der Waals surface area (Å²) >= 11 is 5.93. The number of sulfonamides is 1.